The Morgan fingerprint density at radius 3 is 3.00 bits per heavy atom. The van der Waals surface area contributed by atoms with Crippen molar-refractivity contribution in [2.75, 3.05) is 11.4 Å². The van der Waals surface area contributed by atoms with E-state index in [-0.39, 0.29) is 11.7 Å². The second-order valence-electron chi connectivity index (χ2n) is 4.39. The van der Waals surface area contributed by atoms with E-state index >= 15 is 0 Å². The number of nitrogens with one attached hydrogen (secondary N) is 2. The highest BCUT2D eigenvalue weighted by atomic mass is 32.1. The Hall–Kier alpha value is -1.70. The molecule has 0 aliphatic carbocycles. The first-order valence-corrected chi connectivity index (χ1v) is 6.73. The second kappa shape index (κ2) is 4.52. The predicted octanol–water partition coefficient (Wildman–Crippen LogP) is 0.990. The van der Waals surface area contributed by atoms with Crippen LogP contribution in [-0.2, 0) is 0 Å². The summed E-state index contributed by atoms with van der Waals surface area (Å²) in [4.78, 5) is 20.5. The lowest BCUT2D eigenvalue weighted by atomic mass is 10.0. The Labute approximate surface area is 107 Å². The largest absolute Gasteiger partial charge is 0.340 e. The number of anilines is 1. The molecule has 3 heterocycles. The van der Waals surface area contributed by atoms with Crippen molar-refractivity contribution < 1.29 is 0 Å². The zero-order valence-electron chi connectivity index (χ0n) is 10.0. The molecule has 0 spiro atoms. The summed E-state index contributed by atoms with van der Waals surface area (Å²) < 4.78 is 4.21. The smallest absolute Gasteiger partial charge is 0.337 e. The molecule has 0 aromatic carbocycles. The van der Waals surface area contributed by atoms with Gasteiger partial charge in [-0.25, -0.2) is 14.9 Å². The van der Waals surface area contributed by atoms with Crippen molar-refractivity contribution in [1.82, 2.24) is 24.5 Å². The van der Waals surface area contributed by atoms with Gasteiger partial charge in [0, 0.05) is 18.1 Å². The number of hydrogen-bond donors (Lipinski definition) is 2. The molecule has 1 aliphatic heterocycles. The van der Waals surface area contributed by atoms with Crippen molar-refractivity contribution in [2.45, 2.75) is 32.2 Å². The fraction of sp³-hybridized carbons (Fsp3) is 0.600. The lowest BCUT2D eigenvalue weighted by molar-refractivity contribution is 0.456. The summed E-state index contributed by atoms with van der Waals surface area (Å²) in [7, 11) is 0. The summed E-state index contributed by atoms with van der Waals surface area (Å²) in [5.74, 6) is 1.47. The molecule has 96 valence electrons. The molecular formula is C10H14N6OS. The molecule has 0 radical (unpaired) electrons. The Morgan fingerprint density at radius 2 is 2.33 bits per heavy atom. The Kier molecular flexibility index (Phi) is 2.86. The first kappa shape index (κ1) is 11.4. The molecule has 2 aromatic heterocycles. The summed E-state index contributed by atoms with van der Waals surface area (Å²) in [5, 5.41) is 7.37. The second-order valence-corrected chi connectivity index (χ2v) is 5.12. The number of rotatable bonds is 2. The summed E-state index contributed by atoms with van der Waals surface area (Å²) in [6.07, 6.45) is 3.23. The van der Waals surface area contributed by atoms with Crippen molar-refractivity contribution in [3.63, 3.8) is 0 Å². The first-order valence-electron chi connectivity index (χ1n) is 5.95. The molecule has 1 fully saturated rings. The molecule has 2 aromatic rings. The third kappa shape index (κ3) is 2.03. The fourth-order valence-corrected chi connectivity index (χ4v) is 3.04. The van der Waals surface area contributed by atoms with Crippen molar-refractivity contribution in [3.05, 3.63) is 22.1 Å². The number of H-pyrrole nitrogens is 2. The van der Waals surface area contributed by atoms with Gasteiger partial charge >= 0.3 is 5.69 Å². The number of aromatic nitrogens is 5. The maximum atomic E-state index is 11.2. The molecule has 18 heavy (non-hydrogen) atoms. The number of nitrogens with zero attached hydrogens (tertiary/aromatic N) is 4. The van der Waals surface area contributed by atoms with Crippen LogP contribution >= 0.6 is 11.5 Å². The van der Waals surface area contributed by atoms with Gasteiger partial charge in [-0.2, -0.15) is 9.47 Å². The minimum atomic E-state index is -0.260. The van der Waals surface area contributed by atoms with Gasteiger partial charge in [-0.3, -0.25) is 4.98 Å². The van der Waals surface area contributed by atoms with Crippen LogP contribution in [0.15, 0.2) is 4.79 Å². The lowest BCUT2D eigenvalue weighted by Crippen LogP contribution is -2.34. The summed E-state index contributed by atoms with van der Waals surface area (Å²) in [6.45, 7) is 2.81. The van der Waals surface area contributed by atoms with Crippen LogP contribution in [-0.4, -0.2) is 31.1 Å². The van der Waals surface area contributed by atoms with E-state index in [0.29, 0.717) is 5.82 Å². The van der Waals surface area contributed by atoms with Crippen molar-refractivity contribution in [2.24, 2.45) is 0 Å². The molecule has 8 heteroatoms. The Bertz CT molecular complexity index is 587. The van der Waals surface area contributed by atoms with E-state index in [2.05, 4.69) is 29.4 Å². The molecule has 7 nitrogen and oxygen atoms in total. The highest BCUT2D eigenvalue weighted by molar-refractivity contribution is 7.09. The molecule has 0 bridgehead atoms. The van der Waals surface area contributed by atoms with Gasteiger partial charge in [0.15, 0.2) is 5.82 Å². The molecule has 1 aliphatic rings. The minimum absolute atomic E-state index is 0.0880. The van der Waals surface area contributed by atoms with Crippen molar-refractivity contribution >= 4 is 16.7 Å². The standard InChI is InChI=1S/C10H14N6OS/c1-6-11-10(18-15-6)16-5-3-2-4-7(16)8-12-9(17)14-13-8/h7H,2-5H2,1H3,(H2,12,13,14,17)/t7-/m0/s1. The van der Waals surface area contributed by atoms with Gasteiger partial charge in [-0.1, -0.05) is 0 Å². The van der Waals surface area contributed by atoms with Gasteiger partial charge in [-0.05, 0) is 26.2 Å². The average Bonchev–Trinajstić information content (AvgIpc) is 2.98. The maximum Gasteiger partial charge on any atom is 0.340 e. The molecule has 0 saturated carbocycles. The molecule has 1 saturated heterocycles. The van der Waals surface area contributed by atoms with Crippen LogP contribution in [0.3, 0.4) is 0 Å². The van der Waals surface area contributed by atoms with Crippen LogP contribution in [0.4, 0.5) is 5.13 Å². The van der Waals surface area contributed by atoms with E-state index < -0.39 is 0 Å². The van der Waals surface area contributed by atoms with Gasteiger partial charge in [-0.15, -0.1) is 0 Å². The van der Waals surface area contributed by atoms with Crippen molar-refractivity contribution in [3.8, 4) is 0 Å². The zero-order chi connectivity index (χ0) is 12.5. The van der Waals surface area contributed by atoms with E-state index in [1.165, 1.54) is 11.5 Å². The van der Waals surface area contributed by atoms with E-state index in [1.807, 2.05) is 6.92 Å². The van der Waals surface area contributed by atoms with E-state index in [0.717, 1.165) is 36.8 Å². The van der Waals surface area contributed by atoms with E-state index in [9.17, 15) is 4.79 Å². The zero-order valence-corrected chi connectivity index (χ0v) is 10.8. The van der Waals surface area contributed by atoms with Crippen LogP contribution in [0.5, 0.6) is 0 Å². The van der Waals surface area contributed by atoms with Gasteiger partial charge in [0.2, 0.25) is 5.13 Å². The summed E-state index contributed by atoms with van der Waals surface area (Å²) in [5.41, 5.74) is -0.260. The van der Waals surface area contributed by atoms with E-state index in [4.69, 9.17) is 0 Å². The van der Waals surface area contributed by atoms with Crippen LogP contribution < -0.4 is 10.6 Å². The normalized spacial score (nSPS) is 20.3. The third-order valence-corrected chi connectivity index (χ3v) is 3.95. The van der Waals surface area contributed by atoms with Crippen molar-refractivity contribution in [1.29, 1.82) is 0 Å². The number of aryl methyl sites for hydroxylation is 1. The summed E-state index contributed by atoms with van der Waals surface area (Å²) >= 11 is 1.40. The molecule has 0 amide bonds. The number of aromatic amines is 2. The average molecular weight is 266 g/mol. The van der Waals surface area contributed by atoms with Gasteiger partial charge in [0.1, 0.15) is 5.82 Å². The minimum Gasteiger partial charge on any atom is -0.337 e. The molecular weight excluding hydrogens is 252 g/mol. The van der Waals surface area contributed by atoms with Crippen LogP contribution in [0.2, 0.25) is 0 Å². The van der Waals surface area contributed by atoms with Gasteiger partial charge in [0.05, 0.1) is 6.04 Å². The Balaban J connectivity index is 1.93. The van der Waals surface area contributed by atoms with Crippen LogP contribution in [0, 0.1) is 6.92 Å². The highest BCUT2D eigenvalue weighted by Crippen LogP contribution is 2.33. The maximum absolute atomic E-state index is 11.2. The topological polar surface area (TPSA) is 90.6 Å². The SMILES string of the molecule is Cc1nsc(N2CCCC[C@H]2c2n[nH]c(=O)[nH]2)n1. The van der Waals surface area contributed by atoms with Gasteiger partial charge < -0.3 is 4.90 Å². The number of piperidine rings is 1. The molecule has 1 atom stereocenters. The fourth-order valence-electron chi connectivity index (χ4n) is 2.29. The number of hydrogen-bond acceptors (Lipinski definition) is 6. The molecule has 3 rings (SSSR count). The monoisotopic (exact) mass is 266 g/mol. The summed E-state index contributed by atoms with van der Waals surface area (Å²) in [6, 6.07) is 0.0880. The van der Waals surface area contributed by atoms with E-state index in [1.54, 1.807) is 0 Å². The predicted molar refractivity (Wildman–Crippen MR) is 67.8 cm³/mol. The Morgan fingerprint density at radius 1 is 1.44 bits per heavy atom. The first-order chi connectivity index (χ1) is 8.74. The van der Waals surface area contributed by atoms with Crippen LogP contribution in [0.25, 0.3) is 0 Å². The van der Waals surface area contributed by atoms with Crippen LogP contribution in [0.1, 0.15) is 37.0 Å². The van der Waals surface area contributed by atoms with Gasteiger partial charge in [0.25, 0.3) is 0 Å². The third-order valence-electron chi connectivity index (χ3n) is 3.10. The lowest BCUT2D eigenvalue weighted by Gasteiger charge is -2.33. The highest BCUT2D eigenvalue weighted by Gasteiger charge is 2.28. The molecule has 0 unspecified atom stereocenters. The quantitative estimate of drug-likeness (QED) is 0.846. The molecule has 2 N–H and O–H groups in total.